The second-order valence-electron chi connectivity index (χ2n) is 11.8. The second kappa shape index (κ2) is 10.9. The van der Waals surface area contributed by atoms with Crippen molar-refractivity contribution in [2.24, 2.45) is 0 Å². The van der Waals surface area contributed by atoms with Crippen molar-refractivity contribution in [1.82, 2.24) is 5.32 Å². The van der Waals surface area contributed by atoms with Crippen LogP contribution in [0.15, 0.2) is 77.7 Å². The second-order valence-corrected chi connectivity index (χ2v) is 13.6. The number of para-hydroxylation sites is 1. The molecular weight excluding hydrogens is 512 g/mol. The minimum atomic E-state index is -3.94. The zero-order valence-corrected chi connectivity index (χ0v) is 24.3. The number of hydrogen-bond acceptors (Lipinski definition) is 5. The van der Waals surface area contributed by atoms with Gasteiger partial charge >= 0.3 is 0 Å². The highest BCUT2D eigenvalue weighted by Crippen LogP contribution is 2.40. The van der Waals surface area contributed by atoms with E-state index in [1.165, 1.54) is 4.31 Å². The molecule has 0 saturated heterocycles. The van der Waals surface area contributed by atoms with Crippen molar-refractivity contribution in [2.75, 3.05) is 24.0 Å². The Balaban J connectivity index is 1.52. The average Bonchev–Trinajstić information content (AvgIpc) is 2.89. The van der Waals surface area contributed by atoms with Crippen LogP contribution in [0.4, 0.5) is 5.69 Å². The number of nitrogens with one attached hydrogen (secondary N) is 1. The topological polar surface area (TPSA) is 84.9 Å². The lowest BCUT2D eigenvalue weighted by molar-refractivity contribution is -0.127. The summed E-state index contributed by atoms with van der Waals surface area (Å²) >= 11 is 0. The van der Waals surface area contributed by atoms with E-state index in [9.17, 15) is 13.2 Å². The van der Waals surface area contributed by atoms with Crippen LogP contribution in [0, 0.1) is 0 Å². The summed E-state index contributed by atoms with van der Waals surface area (Å²) in [6.45, 7) is 12.9. The molecule has 39 heavy (non-hydrogen) atoms. The Hall–Kier alpha value is -3.52. The molecule has 1 atom stereocenters. The number of benzene rings is 3. The molecule has 7 nitrogen and oxygen atoms in total. The lowest BCUT2D eigenvalue weighted by atomic mass is 9.86. The molecule has 0 aromatic heterocycles. The van der Waals surface area contributed by atoms with E-state index in [-0.39, 0.29) is 35.4 Å². The summed E-state index contributed by atoms with van der Waals surface area (Å²) < 4.78 is 40.8. The number of hydrogen-bond donors (Lipinski definition) is 1. The molecule has 208 valence electrons. The van der Waals surface area contributed by atoms with Crippen molar-refractivity contribution in [3.8, 4) is 11.5 Å². The molecule has 1 heterocycles. The van der Waals surface area contributed by atoms with Gasteiger partial charge in [0.25, 0.3) is 15.9 Å². The highest BCUT2D eigenvalue weighted by atomic mass is 32.2. The minimum Gasteiger partial charge on any atom is -0.491 e. The largest absolute Gasteiger partial charge is 0.491 e. The predicted molar refractivity (Wildman–Crippen MR) is 154 cm³/mol. The Morgan fingerprint density at radius 1 is 0.949 bits per heavy atom. The summed E-state index contributed by atoms with van der Waals surface area (Å²) in [5.41, 5.74) is 2.20. The van der Waals surface area contributed by atoms with Crippen LogP contribution in [-0.4, -0.2) is 40.1 Å². The number of rotatable bonds is 7. The molecule has 1 N–H and O–H groups in total. The van der Waals surface area contributed by atoms with Crippen LogP contribution in [0.3, 0.4) is 0 Å². The van der Waals surface area contributed by atoms with E-state index < -0.39 is 22.0 Å². The molecule has 3 aromatic rings. The highest BCUT2D eigenvalue weighted by Gasteiger charge is 2.38. The molecule has 0 fully saturated rings. The average molecular weight is 551 g/mol. The van der Waals surface area contributed by atoms with Crippen molar-refractivity contribution >= 4 is 21.6 Å². The number of fused-ring (bicyclic) bond motifs is 1. The highest BCUT2D eigenvalue weighted by molar-refractivity contribution is 7.92. The zero-order valence-electron chi connectivity index (χ0n) is 23.5. The normalized spacial score (nSPS) is 15.7. The Morgan fingerprint density at radius 3 is 2.28 bits per heavy atom. The summed E-state index contributed by atoms with van der Waals surface area (Å²) in [6, 6.07) is 21.6. The Labute approximate surface area is 232 Å². The lowest BCUT2D eigenvalue weighted by Gasteiger charge is -2.36. The van der Waals surface area contributed by atoms with Crippen molar-refractivity contribution in [3.05, 3.63) is 83.9 Å². The van der Waals surface area contributed by atoms with Crippen LogP contribution >= 0.6 is 0 Å². The van der Waals surface area contributed by atoms with Gasteiger partial charge in [0.15, 0.2) is 6.10 Å². The first-order valence-corrected chi connectivity index (χ1v) is 14.6. The first-order valence-electron chi connectivity index (χ1n) is 13.2. The van der Waals surface area contributed by atoms with Crippen molar-refractivity contribution < 1.29 is 22.7 Å². The van der Waals surface area contributed by atoms with Gasteiger partial charge < -0.3 is 14.8 Å². The molecule has 8 heteroatoms. The van der Waals surface area contributed by atoms with Crippen LogP contribution in [0.1, 0.15) is 52.7 Å². The molecule has 1 aliphatic heterocycles. The minimum absolute atomic E-state index is 0.0796. The maximum absolute atomic E-state index is 13.7. The summed E-state index contributed by atoms with van der Waals surface area (Å²) in [5, 5.41) is 2.85. The number of amides is 1. The van der Waals surface area contributed by atoms with E-state index in [0.29, 0.717) is 11.4 Å². The van der Waals surface area contributed by atoms with Gasteiger partial charge in [-0.3, -0.25) is 9.10 Å². The number of ether oxygens (including phenoxy) is 2. The maximum atomic E-state index is 13.7. The third-order valence-electron chi connectivity index (χ3n) is 6.67. The van der Waals surface area contributed by atoms with E-state index in [1.54, 1.807) is 36.4 Å². The van der Waals surface area contributed by atoms with Gasteiger partial charge in [-0.25, -0.2) is 8.42 Å². The van der Waals surface area contributed by atoms with Gasteiger partial charge in [0.1, 0.15) is 18.1 Å². The molecule has 4 rings (SSSR count). The first-order chi connectivity index (χ1) is 18.3. The fourth-order valence-electron chi connectivity index (χ4n) is 4.46. The quantitative estimate of drug-likeness (QED) is 0.397. The summed E-state index contributed by atoms with van der Waals surface area (Å²) in [7, 11) is -3.94. The van der Waals surface area contributed by atoms with Crippen molar-refractivity contribution in [1.29, 1.82) is 0 Å². The van der Waals surface area contributed by atoms with Gasteiger partial charge in [-0.15, -0.1) is 0 Å². The molecule has 3 aromatic carbocycles. The van der Waals surface area contributed by atoms with Crippen LogP contribution in [0.2, 0.25) is 0 Å². The maximum Gasteiger partial charge on any atom is 0.264 e. The van der Waals surface area contributed by atoms with Gasteiger partial charge in [0.05, 0.1) is 23.7 Å². The molecule has 0 radical (unpaired) electrons. The summed E-state index contributed by atoms with van der Waals surface area (Å²) in [5.74, 6) is 0.725. The van der Waals surface area contributed by atoms with Crippen LogP contribution in [0.25, 0.3) is 0 Å². The van der Waals surface area contributed by atoms with Gasteiger partial charge in [-0.1, -0.05) is 84.0 Å². The zero-order chi connectivity index (χ0) is 28.4. The van der Waals surface area contributed by atoms with E-state index in [2.05, 4.69) is 46.9 Å². The molecule has 0 bridgehead atoms. The third kappa shape index (κ3) is 6.38. The van der Waals surface area contributed by atoms with Gasteiger partial charge in [0, 0.05) is 0 Å². The van der Waals surface area contributed by atoms with Crippen LogP contribution in [-0.2, 0) is 25.6 Å². The molecule has 1 aliphatic rings. The number of anilines is 1. The smallest absolute Gasteiger partial charge is 0.264 e. The summed E-state index contributed by atoms with van der Waals surface area (Å²) in [6.07, 6.45) is -1.02. The van der Waals surface area contributed by atoms with Gasteiger partial charge in [-0.2, -0.15) is 0 Å². The number of sulfonamides is 1. The molecule has 0 unspecified atom stereocenters. The van der Waals surface area contributed by atoms with Crippen molar-refractivity contribution in [3.63, 3.8) is 0 Å². The van der Waals surface area contributed by atoms with Crippen LogP contribution < -0.4 is 19.1 Å². The number of nitrogens with zero attached hydrogens (tertiary/aromatic N) is 1. The molecule has 0 saturated carbocycles. The molecule has 0 aliphatic carbocycles. The van der Waals surface area contributed by atoms with E-state index in [4.69, 9.17) is 9.47 Å². The van der Waals surface area contributed by atoms with Gasteiger partial charge in [0.2, 0.25) is 0 Å². The first kappa shape index (κ1) is 28.5. The third-order valence-corrected chi connectivity index (χ3v) is 8.47. The Morgan fingerprint density at radius 2 is 1.62 bits per heavy atom. The fraction of sp³-hybridized carbons (Fsp3) is 0.387. The standard InChI is InChI=1S/C31H38N2O5S/c1-30(2,3)22-16-17-27-25(20-22)33(39(35,36)23-12-8-7-9-13-23)21-28(38-27)29(34)32-18-19-37-26-15-11-10-14-24(26)31(4,5)6/h7-17,20,28H,18-19,21H2,1-6H3,(H,32,34)/t28-/m1/s1. The molecule has 1 amide bonds. The predicted octanol–water partition coefficient (Wildman–Crippen LogP) is 5.43. The van der Waals surface area contributed by atoms with Crippen LogP contribution in [0.5, 0.6) is 11.5 Å². The lowest BCUT2D eigenvalue weighted by Crippen LogP contribution is -2.51. The van der Waals surface area contributed by atoms with E-state index >= 15 is 0 Å². The number of carbonyl (C=O) groups excluding carboxylic acids is 1. The van der Waals surface area contributed by atoms with E-state index in [1.807, 2.05) is 36.4 Å². The SMILES string of the molecule is CC(C)(C)c1ccc2c(c1)N(S(=O)(=O)c1ccccc1)C[C@H](C(=O)NCCOc1ccccc1C(C)(C)C)O2. The molecular formula is C31H38N2O5S. The Kier molecular flexibility index (Phi) is 7.98. The monoisotopic (exact) mass is 550 g/mol. The van der Waals surface area contributed by atoms with Crippen molar-refractivity contribution in [2.45, 2.75) is 63.4 Å². The Bertz CT molecular complexity index is 1420. The molecule has 0 spiro atoms. The van der Waals surface area contributed by atoms with E-state index in [0.717, 1.165) is 16.9 Å². The summed E-state index contributed by atoms with van der Waals surface area (Å²) in [4.78, 5) is 13.3. The number of carbonyl (C=O) groups is 1. The van der Waals surface area contributed by atoms with Gasteiger partial charge in [-0.05, 0) is 52.3 Å². The fourth-order valence-corrected chi connectivity index (χ4v) is 5.95.